The van der Waals surface area contributed by atoms with E-state index in [2.05, 4.69) is 4.74 Å². The lowest BCUT2D eigenvalue weighted by Crippen LogP contribution is -2.27. The van der Waals surface area contributed by atoms with Gasteiger partial charge in [-0.25, -0.2) is 14.0 Å². The number of carbonyl (C=O) groups is 2. The van der Waals surface area contributed by atoms with Gasteiger partial charge in [-0.05, 0) is 23.8 Å². The highest BCUT2D eigenvalue weighted by atomic mass is 19.1. The van der Waals surface area contributed by atoms with Crippen LogP contribution in [0.2, 0.25) is 0 Å². The molecule has 0 saturated heterocycles. The lowest BCUT2D eigenvalue weighted by molar-refractivity contribution is -0.153. The second-order valence-corrected chi connectivity index (χ2v) is 3.49. The molecule has 0 aliphatic heterocycles. The summed E-state index contributed by atoms with van der Waals surface area (Å²) in [6, 6.07) is 2.74. The summed E-state index contributed by atoms with van der Waals surface area (Å²) in [7, 11) is 1.09. The first-order valence-electron chi connectivity index (χ1n) is 4.84. The molecule has 0 amide bonds. The van der Waals surface area contributed by atoms with Gasteiger partial charge < -0.3 is 20.1 Å². The Kier molecular flexibility index (Phi) is 4.35. The Morgan fingerprint density at radius 1 is 1.28 bits per heavy atom. The molecule has 1 aromatic rings. The number of methoxy groups -OCH3 is 1. The summed E-state index contributed by atoms with van der Waals surface area (Å²) >= 11 is 0. The Morgan fingerprint density at radius 3 is 2.39 bits per heavy atom. The molecule has 98 valence electrons. The van der Waals surface area contributed by atoms with E-state index in [4.69, 9.17) is 10.2 Å². The van der Waals surface area contributed by atoms with Crippen LogP contribution in [0.1, 0.15) is 22.0 Å². The number of hydrogen-bond acceptors (Lipinski definition) is 5. The minimum Gasteiger partial charge on any atom is -0.479 e. The maximum absolute atomic E-state index is 13.2. The van der Waals surface area contributed by atoms with Crippen LogP contribution in [0.25, 0.3) is 0 Å². The molecule has 0 bridgehead atoms. The summed E-state index contributed by atoms with van der Waals surface area (Å²) in [5, 5.41) is 27.2. The van der Waals surface area contributed by atoms with Crippen LogP contribution in [0.4, 0.5) is 4.39 Å². The molecular formula is C11H11FO6. The molecule has 0 radical (unpaired) electrons. The third-order valence-corrected chi connectivity index (χ3v) is 2.23. The van der Waals surface area contributed by atoms with Gasteiger partial charge in [-0.3, -0.25) is 0 Å². The fraction of sp³-hybridized carbons (Fsp3) is 0.273. The van der Waals surface area contributed by atoms with E-state index < -0.39 is 30.0 Å². The largest absolute Gasteiger partial charge is 0.479 e. The van der Waals surface area contributed by atoms with Gasteiger partial charge in [0.15, 0.2) is 6.10 Å². The van der Waals surface area contributed by atoms with Gasteiger partial charge in [-0.15, -0.1) is 0 Å². The number of aliphatic carboxylic acids is 1. The molecule has 0 aromatic heterocycles. The van der Waals surface area contributed by atoms with Gasteiger partial charge in [0.2, 0.25) is 0 Å². The Hall–Kier alpha value is -1.99. The van der Waals surface area contributed by atoms with Gasteiger partial charge >= 0.3 is 11.9 Å². The van der Waals surface area contributed by atoms with E-state index in [1.165, 1.54) is 0 Å². The zero-order valence-corrected chi connectivity index (χ0v) is 9.33. The minimum absolute atomic E-state index is 0.191. The van der Waals surface area contributed by atoms with E-state index in [-0.39, 0.29) is 11.1 Å². The maximum Gasteiger partial charge on any atom is 0.337 e. The van der Waals surface area contributed by atoms with Crippen LogP contribution in [0.15, 0.2) is 18.2 Å². The molecule has 1 aromatic carbocycles. The Balaban J connectivity index is 3.13. The number of esters is 1. The van der Waals surface area contributed by atoms with Crippen molar-refractivity contribution in [3.63, 3.8) is 0 Å². The van der Waals surface area contributed by atoms with E-state index in [0.717, 1.165) is 25.3 Å². The molecule has 2 unspecified atom stereocenters. The summed E-state index contributed by atoms with van der Waals surface area (Å²) in [4.78, 5) is 21.7. The molecule has 2 atom stereocenters. The first-order chi connectivity index (χ1) is 8.36. The molecule has 0 aliphatic carbocycles. The van der Waals surface area contributed by atoms with E-state index in [1.807, 2.05) is 0 Å². The zero-order valence-electron chi connectivity index (χ0n) is 9.33. The predicted molar refractivity (Wildman–Crippen MR) is 56.3 cm³/mol. The second-order valence-electron chi connectivity index (χ2n) is 3.49. The Bertz CT molecular complexity index is 473. The number of carbonyl (C=O) groups excluding carboxylic acids is 1. The van der Waals surface area contributed by atoms with E-state index in [9.17, 15) is 19.1 Å². The highest BCUT2D eigenvalue weighted by Gasteiger charge is 2.26. The van der Waals surface area contributed by atoms with Crippen molar-refractivity contribution >= 4 is 11.9 Å². The van der Waals surface area contributed by atoms with Gasteiger partial charge in [0, 0.05) is 0 Å². The molecule has 3 N–H and O–H groups in total. The number of ether oxygens (including phenoxy) is 1. The quantitative estimate of drug-likeness (QED) is 0.661. The second kappa shape index (κ2) is 5.56. The van der Waals surface area contributed by atoms with Gasteiger partial charge in [0.1, 0.15) is 11.9 Å². The Labute approximate surface area is 101 Å². The SMILES string of the molecule is COC(=O)c1cc(F)cc(C(O)C(O)C(=O)O)c1. The van der Waals surface area contributed by atoms with E-state index >= 15 is 0 Å². The molecule has 0 spiro atoms. The molecule has 18 heavy (non-hydrogen) atoms. The van der Waals surface area contributed by atoms with Crippen molar-refractivity contribution in [2.24, 2.45) is 0 Å². The van der Waals surface area contributed by atoms with Crippen molar-refractivity contribution in [1.82, 2.24) is 0 Å². The van der Waals surface area contributed by atoms with Gasteiger partial charge in [0.25, 0.3) is 0 Å². The van der Waals surface area contributed by atoms with Crippen molar-refractivity contribution in [3.8, 4) is 0 Å². The van der Waals surface area contributed by atoms with Crippen LogP contribution in [0.5, 0.6) is 0 Å². The van der Waals surface area contributed by atoms with E-state index in [0.29, 0.717) is 0 Å². The summed E-state index contributed by atoms with van der Waals surface area (Å²) in [6.45, 7) is 0. The van der Waals surface area contributed by atoms with Crippen molar-refractivity contribution < 1.29 is 34.0 Å². The summed E-state index contributed by atoms with van der Waals surface area (Å²) in [5.41, 5.74) is -0.422. The smallest absolute Gasteiger partial charge is 0.337 e. The number of carboxylic acids is 1. The average Bonchev–Trinajstić information content (AvgIpc) is 2.34. The number of hydrogen-bond donors (Lipinski definition) is 3. The van der Waals surface area contributed by atoms with Gasteiger partial charge in [-0.1, -0.05) is 0 Å². The van der Waals surface area contributed by atoms with Crippen LogP contribution in [0.3, 0.4) is 0 Å². The zero-order chi connectivity index (χ0) is 13.9. The van der Waals surface area contributed by atoms with Crippen LogP contribution in [-0.4, -0.2) is 40.5 Å². The van der Waals surface area contributed by atoms with Crippen molar-refractivity contribution in [3.05, 3.63) is 35.1 Å². The van der Waals surface area contributed by atoms with Crippen LogP contribution in [0, 0.1) is 5.82 Å². The average molecular weight is 258 g/mol. The molecule has 7 heteroatoms. The van der Waals surface area contributed by atoms with Crippen LogP contribution in [-0.2, 0) is 9.53 Å². The first kappa shape index (κ1) is 14.1. The summed E-state index contributed by atoms with van der Waals surface area (Å²) in [6.07, 6.45) is -3.96. The number of aliphatic hydroxyl groups excluding tert-OH is 2. The standard InChI is InChI=1S/C11H11FO6/c1-18-11(17)6-2-5(3-7(12)4-6)8(13)9(14)10(15)16/h2-4,8-9,13-14H,1H3,(H,15,16). The first-order valence-corrected chi connectivity index (χ1v) is 4.84. The summed E-state index contributed by atoms with van der Waals surface area (Å²) < 4.78 is 17.6. The van der Waals surface area contributed by atoms with Crippen LogP contribution >= 0.6 is 0 Å². The highest BCUT2D eigenvalue weighted by molar-refractivity contribution is 5.89. The van der Waals surface area contributed by atoms with Crippen molar-refractivity contribution in [2.75, 3.05) is 7.11 Å². The number of benzene rings is 1. The Morgan fingerprint density at radius 2 is 1.89 bits per heavy atom. The topological polar surface area (TPSA) is 104 Å². The monoisotopic (exact) mass is 258 g/mol. The molecule has 0 fully saturated rings. The number of rotatable bonds is 4. The number of carboxylic acid groups (broad SMARTS) is 1. The summed E-state index contributed by atoms with van der Waals surface area (Å²) in [5.74, 6) is -3.36. The molecule has 1 rings (SSSR count). The molecule has 6 nitrogen and oxygen atoms in total. The van der Waals surface area contributed by atoms with Gasteiger partial charge in [-0.2, -0.15) is 0 Å². The van der Waals surface area contributed by atoms with Gasteiger partial charge in [0.05, 0.1) is 12.7 Å². The third kappa shape index (κ3) is 3.02. The predicted octanol–water partition coefficient (Wildman–Crippen LogP) is 0.0912. The normalized spacial score (nSPS) is 13.8. The molecular weight excluding hydrogens is 247 g/mol. The number of halogens is 1. The number of aliphatic hydroxyl groups is 2. The minimum atomic E-state index is -2.11. The lowest BCUT2D eigenvalue weighted by atomic mass is 10.0. The molecule has 0 saturated carbocycles. The van der Waals surface area contributed by atoms with Crippen molar-refractivity contribution in [2.45, 2.75) is 12.2 Å². The van der Waals surface area contributed by atoms with Crippen molar-refractivity contribution in [1.29, 1.82) is 0 Å². The maximum atomic E-state index is 13.2. The third-order valence-electron chi connectivity index (χ3n) is 2.23. The van der Waals surface area contributed by atoms with E-state index in [1.54, 1.807) is 0 Å². The highest BCUT2D eigenvalue weighted by Crippen LogP contribution is 2.20. The fourth-order valence-corrected chi connectivity index (χ4v) is 1.34. The van der Waals surface area contributed by atoms with Crippen LogP contribution < -0.4 is 0 Å². The molecule has 0 aliphatic rings. The molecule has 0 heterocycles. The lowest BCUT2D eigenvalue weighted by Gasteiger charge is -2.15. The fourth-order valence-electron chi connectivity index (χ4n) is 1.34.